The molecule has 0 aliphatic rings. The normalized spacial score (nSPS) is 10.8. The van der Waals surface area contributed by atoms with Crippen LogP contribution in [0.25, 0.3) is 10.9 Å². The first kappa shape index (κ1) is 11.2. The van der Waals surface area contributed by atoms with Crippen molar-refractivity contribution in [3.05, 3.63) is 27.9 Å². The van der Waals surface area contributed by atoms with Crippen molar-refractivity contribution in [2.75, 3.05) is 7.11 Å². The third kappa shape index (κ3) is 1.45. The molecule has 2 rings (SSSR count). The highest BCUT2D eigenvalue weighted by Gasteiger charge is 2.14. The molecule has 1 aromatic heterocycles. The summed E-state index contributed by atoms with van der Waals surface area (Å²) in [5.74, 6) is 0.744. The molecule has 0 spiro atoms. The summed E-state index contributed by atoms with van der Waals surface area (Å²) in [6, 6.07) is 3.78. The van der Waals surface area contributed by atoms with Crippen molar-refractivity contribution >= 4 is 33.1 Å². The van der Waals surface area contributed by atoms with Gasteiger partial charge in [0, 0.05) is 28.2 Å². The fraction of sp³-hybridized carbons (Fsp3) is 0.250. The fourth-order valence-corrected chi connectivity index (χ4v) is 2.64. The quantitative estimate of drug-likeness (QED) is 0.793. The van der Waals surface area contributed by atoms with Crippen molar-refractivity contribution in [1.29, 1.82) is 0 Å². The average Bonchev–Trinajstić information content (AvgIpc) is 2.51. The molecule has 0 N–H and O–H groups in total. The molecule has 1 aromatic carbocycles. The maximum Gasteiger partial charge on any atom is 0.152 e. The minimum Gasteiger partial charge on any atom is -0.497 e. The molecular weight excluding hydrogens is 270 g/mol. The topological polar surface area (TPSA) is 31.2 Å². The van der Waals surface area contributed by atoms with Gasteiger partial charge >= 0.3 is 0 Å². The number of carbonyl (C=O) groups excluding carboxylic acids is 1. The van der Waals surface area contributed by atoms with Crippen LogP contribution in [0.1, 0.15) is 16.1 Å². The van der Waals surface area contributed by atoms with Gasteiger partial charge in [-0.1, -0.05) is 0 Å². The number of aryl methyl sites for hydroxylation is 1. The Kier molecular flexibility index (Phi) is 2.76. The number of fused-ring (bicyclic) bond motifs is 1. The number of carbonyl (C=O) groups is 1. The van der Waals surface area contributed by atoms with E-state index >= 15 is 0 Å². The largest absolute Gasteiger partial charge is 0.497 e. The third-order valence-corrected chi connectivity index (χ3v) is 3.51. The monoisotopic (exact) mass is 281 g/mol. The average molecular weight is 282 g/mol. The molecule has 0 amide bonds. The minimum absolute atomic E-state index is 0.720. The fourth-order valence-electron chi connectivity index (χ4n) is 1.93. The summed E-state index contributed by atoms with van der Waals surface area (Å²) >= 11 is 3.50. The van der Waals surface area contributed by atoms with Crippen LogP contribution in [0.2, 0.25) is 0 Å². The molecule has 0 saturated carbocycles. The summed E-state index contributed by atoms with van der Waals surface area (Å²) in [5.41, 5.74) is 2.69. The number of aldehydes is 1. The van der Waals surface area contributed by atoms with Crippen LogP contribution in [-0.4, -0.2) is 18.0 Å². The van der Waals surface area contributed by atoms with E-state index in [1.54, 1.807) is 7.11 Å². The molecule has 0 aliphatic heterocycles. The highest BCUT2D eigenvalue weighted by molar-refractivity contribution is 9.10. The Morgan fingerprint density at radius 3 is 2.69 bits per heavy atom. The molecule has 0 radical (unpaired) electrons. The summed E-state index contributed by atoms with van der Waals surface area (Å²) in [6.45, 7) is 1.93. The molecule has 0 saturated heterocycles. The van der Waals surface area contributed by atoms with Crippen molar-refractivity contribution in [3.63, 3.8) is 0 Å². The van der Waals surface area contributed by atoms with E-state index in [4.69, 9.17) is 4.74 Å². The van der Waals surface area contributed by atoms with Crippen LogP contribution < -0.4 is 4.74 Å². The maximum absolute atomic E-state index is 11.1. The van der Waals surface area contributed by atoms with Crippen molar-refractivity contribution < 1.29 is 9.53 Å². The third-order valence-electron chi connectivity index (χ3n) is 2.91. The summed E-state index contributed by atoms with van der Waals surface area (Å²) in [6.07, 6.45) is 0.892. The highest BCUT2D eigenvalue weighted by atomic mass is 79.9. The van der Waals surface area contributed by atoms with E-state index in [-0.39, 0.29) is 0 Å². The van der Waals surface area contributed by atoms with Crippen molar-refractivity contribution in [2.24, 2.45) is 7.05 Å². The molecule has 1 heterocycles. The van der Waals surface area contributed by atoms with Gasteiger partial charge in [-0.15, -0.1) is 0 Å². The van der Waals surface area contributed by atoms with Crippen LogP contribution in [0.15, 0.2) is 16.6 Å². The van der Waals surface area contributed by atoms with E-state index in [1.807, 2.05) is 30.7 Å². The predicted molar refractivity (Wildman–Crippen MR) is 67.3 cm³/mol. The lowest BCUT2D eigenvalue weighted by Crippen LogP contribution is -1.92. The summed E-state index contributed by atoms with van der Waals surface area (Å²) in [5, 5.41) is 0.918. The van der Waals surface area contributed by atoms with Gasteiger partial charge in [-0.2, -0.15) is 0 Å². The smallest absolute Gasteiger partial charge is 0.152 e. The molecule has 4 heteroatoms. The van der Waals surface area contributed by atoms with Crippen LogP contribution in [0.4, 0.5) is 0 Å². The van der Waals surface area contributed by atoms with E-state index in [0.717, 1.165) is 38.7 Å². The van der Waals surface area contributed by atoms with Crippen LogP contribution in [0.3, 0.4) is 0 Å². The first-order valence-electron chi connectivity index (χ1n) is 4.87. The second-order valence-corrected chi connectivity index (χ2v) is 4.54. The Hall–Kier alpha value is -1.29. The van der Waals surface area contributed by atoms with E-state index in [2.05, 4.69) is 15.9 Å². The van der Waals surface area contributed by atoms with Gasteiger partial charge in [0.05, 0.1) is 12.6 Å². The summed E-state index contributed by atoms with van der Waals surface area (Å²) in [7, 11) is 3.56. The lowest BCUT2D eigenvalue weighted by atomic mass is 10.1. The molecule has 3 nitrogen and oxygen atoms in total. The van der Waals surface area contributed by atoms with Gasteiger partial charge in [0.1, 0.15) is 5.75 Å². The first-order valence-corrected chi connectivity index (χ1v) is 5.67. The standard InChI is InChI=1S/C12H12BrNO2/c1-7-10(6-15)9-4-8(16-3)5-11(13)12(9)14(7)2/h4-6H,1-3H3. The predicted octanol–water partition coefficient (Wildman–Crippen LogP) is 3.07. The number of rotatable bonds is 2. The minimum atomic E-state index is 0.720. The van der Waals surface area contributed by atoms with Gasteiger partial charge in [-0.25, -0.2) is 0 Å². The van der Waals surface area contributed by atoms with E-state index in [0.29, 0.717) is 0 Å². The zero-order valence-corrected chi connectivity index (χ0v) is 11.0. The van der Waals surface area contributed by atoms with E-state index < -0.39 is 0 Å². The number of ether oxygens (including phenoxy) is 1. The van der Waals surface area contributed by atoms with Gasteiger partial charge in [0.25, 0.3) is 0 Å². The second kappa shape index (κ2) is 3.94. The van der Waals surface area contributed by atoms with Crippen LogP contribution >= 0.6 is 15.9 Å². The number of halogens is 1. The number of aromatic nitrogens is 1. The number of hydrogen-bond acceptors (Lipinski definition) is 2. The SMILES string of the molecule is COc1cc(Br)c2c(c1)c(C=O)c(C)n2C. The molecule has 0 bridgehead atoms. The number of benzene rings is 1. The highest BCUT2D eigenvalue weighted by Crippen LogP contribution is 2.33. The van der Waals surface area contributed by atoms with Crippen LogP contribution in [0, 0.1) is 6.92 Å². The Morgan fingerprint density at radius 2 is 2.12 bits per heavy atom. The molecule has 16 heavy (non-hydrogen) atoms. The molecule has 84 valence electrons. The van der Waals surface area contributed by atoms with Crippen molar-refractivity contribution in [2.45, 2.75) is 6.92 Å². The van der Waals surface area contributed by atoms with Gasteiger partial charge in [0.2, 0.25) is 0 Å². The number of hydrogen-bond donors (Lipinski definition) is 0. The lowest BCUT2D eigenvalue weighted by Gasteiger charge is -2.04. The molecule has 2 aromatic rings. The molecular formula is C12H12BrNO2. The molecule has 0 unspecified atom stereocenters. The Bertz CT molecular complexity index is 572. The van der Waals surface area contributed by atoms with Gasteiger partial charge in [-0.05, 0) is 35.0 Å². The van der Waals surface area contributed by atoms with Crippen LogP contribution in [-0.2, 0) is 7.05 Å². The van der Waals surface area contributed by atoms with E-state index in [9.17, 15) is 4.79 Å². The van der Waals surface area contributed by atoms with Gasteiger partial charge in [-0.3, -0.25) is 4.79 Å². The van der Waals surface area contributed by atoms with Crippen molar-refractivity contribution in [3.8, 4) is 5.75 Å². The maximum atomic E-state index is 11.1. The molecule has 0 aliphatic carbocycles. The van der Waals surface area contributed by atoms with Gasteiger partial charge in [0.15, 0.2) is 6.29 Å². The Labute approximate surface area is 102 Å². The Balaban J connectivity index is 2.95. The zero-order chi connectivity index (χ0) is 11.9. The van der Waals surface area contributed by atoms with Crippen LogP contribution in [0.5, 0.6) is 5.75 Å². The van der Waals surface area contributed by atoms with Gasteiger partial charge < -0.3 is 9.30 Å². The molecule has 0 fully saturated rings. The number of nitrogens with zero attached hydrogens (tertiary/aromatic N) is 1. The zero-order valence-electron chi connectivity index (χ0n) is 9.37. The Morgan fingerprint density at radius 1 is 1.44 bits per heavy atom. The first-order chi connectivity index (χ1) is 7.60. The summed E-state index contributed by atoms with van der Waals surface area (Å²) in [4.78, 5) is 11.1. The van der Waals surface area contributed by atoms with E-state index in [1.165, 1.54) is 0 Å². The summed E-state index contributed by atoms with van der Waals surface area (Å²) < 4.78 is 8.13. The second-order valence-electron chi connectivity index (χ2n) is 3.68. The lowest BCUT2D eigenvalue weighted by molar-refractivity contribution is 0.112. The number of methoxy groups -OCH3 is 1. The van der Waals surface area contributed by atoms with Crippen molar-refractivity contribution in [1.82, 2.24) is 4.57 Å². The molecule has 0 atom stereocenters.